The summed E-state index contributed by atoms with van der Waals surface area (Å²) in [7, 11) is 0. The Balaban J connectivity index is 2.43. The fourth-order valence-corrected chi connectivity index (χ4v) is 1.78. The molecule has 1 saturated heterocycles. The van der Waals surface area contributed by atoms with Gasteiger partial charge in [0, 0.05) is 19.1 Å². The Morgan fingerprint density at radius 1 is 1.36 bits per heavy atom. The molecule has 1 N–H and O–H groups in total. The topological polar surface area (TPSA) is 23.5 Å². The van der Waals surface area contributed by atoms with Crippen LogP contribution in [0.25, 0.3) is 0 Å². The molecule has 1 aliphatic rings. The van der Waals surface area contributed by atoms with Crippen LogP contribution in [0.1, 0.15) is 27.2 Å². The minimum Gasteiger partial charge on any atom is -0.392 e. The first-order valence-electron chi connectivity index (χ1n) is 4.51. The molecule has 11 heavy (non-hydrogen) atoms. The number of aliphatic hydroxyl groups excluding tert-OH is 1. The van der Waals surface area contributed by atoms with E-state index in [9.17, 15) is 5.11 Å². The maximum absolute atomic E-state index is 9.46. The first kappa shape index (κ1) is 9.01. The summed E-state index contributed by atoms with van der Waals surface area (Å²) >= 11 is 0. The lowest BCUT2D eigenvalue weighted by molar-refractivity contribution is 0.0295. The van der Waals surface area contributed by atoms with Crippen molar-refractivity contribution < 1.29 is 5.11 Å². The number of piperidine rings is 1. The predicted molar refractivity (Wildman–Crippen MR) is 46.5 cm³/mol. The largest absolute Gasteiger partial charge is 0.392 e. The van der Waals surface area contributed by atoms with E-state index in [2.05, 4.69) is 25.7 Å². The summed E-state index contributed by atoms with van der Waals surface area (Å²) in [6.45, 7) is 8.59. The standard InChI is InChI=1S/C9H19NO/c1-7(2)10-5-8(3)4-9(11)6-10/h7-9,11H,4-6H2,1-3H3/t8-,9+/m0/s1. The van der Waals surface area contributed by atoms with Crippen LogP contribution >= 0.6 is 0 Å². The zero-order valence-corrected chi connectivity index (χ0v) is 7.75. The van der Waals surface area contributed by atoms with Gasteiger partial charge in [-0.1, -0.05) is 6.92 Å². The van der Waals surface area contributed by atoms with E-state index in [0.717, 1.165) is 19.5 Å². The first-order chi connectivity index (χ1) is 5.09. The number of rotatable bonds is 1. The first-order valence-corrected chi connectivity index (χ1v) is 4.51. The van der Waals surface area contributed by atoms with E-state index < -0.39 is 0 Å². The van der Waals surface area contributed by atoms with Crippen molar-refractivity contribution in [1.29, 1.82) is 0 Å². The zero-order valence-electron chi connectivity index (χ0n) is 7.75. The molecule has 2 atom stereocenters. The predicted octanol–water partition coefficient (Wildman–Crippen LogP) is 1.10. The van der Waals surface area contributed by atoms with Crippen LogP contribution in [-0.4, -0.2) is 35.2 Å². The molecule has 0 amide bonds. The maximum atomic E-state index is 9.46. The van der Waals surface area contributed by atoms with Gasteiger partial charge in [0.2, 0.25) is 0 Å². The van der Waals surface area contributed by atoms with E-state index in [4.69, 9.17) is 0 Å². The Morgan fingerprint density at radius 2 is 2.00 bits per heavy atom. The van der Waals surface area contributed by atoms with Gasteiger partial charge < -0.3 is 5.11 Å². The number of hydrogen-bond acceptors (Lipinski definition) is 2. The molecule has 1 rings (SSSR count). The molecule has 0 radical (unpaired) electrons. The molecule has 0 bridgehead atoms. The van der Waals surface area contributed by atoms with Crippen molar-refractivity contribution in [3.05, 3.63) is 0 Å². The summed E-state index contributed by atoms with van der Waals surface area (Å²) in [5.41, 5.74) is 0. The van der Waals surface area contributed by atoms with E-state index in [1.165, 1.54) is 0 Å². The lowest BCUT2D eigenvalue weighted by Gasteiger charge is -2.36. The van der Waals surface area contributed by atoms with Gasteiger partial charge in [-0.3, -0.25) is 4.90 Å². The normalized spacial score (nSPS) is 34.6. The van der Waals surface area contributed by atoms with Crippen molar-refractivity contribution in [2.45, 2.75) is 39.3 Å². The second kappa shape index (κ2) is 3.55. The molecule has 0 aromatic heterocycles. The molecule has 2 nitrogen and oxygen atoms in total. The molecule has 1 aliphatic heterocycles. The number of likely N-dealkylation sites (tertiary alicyclic amines) is 1. The van der Waals surface area contributed by atoms with Crippen LogP contribution in [0, 0.1) is 5.92 Å². The van der Waals surface area contributed by atoms with Gasteiger partial charge >= 0.3 is 0 Å². The molecule has 0 unspecified atom stereocenters. The van der Waals surface area contributed by atoms with Gasteiger partial charge in [0.05, 0.1) is 6.10 Å². The minimum atomic E-state index is -0.0962. The molecule has 2 heteroatoms. The van der Waals surface area contributed by atoms with E-state index in [1.54, 1.807) is 0 Å². The number of aliphatic hydroxyl groups is 1. The summed E-state index contributed by atoms with van der Waals surface area (Å²) in [6.07, 6.45) is 0.879. The van der Waals surface area contributed by atoms with Gasteiger partial charge in [0.1, 0.15) is 0 Å². The second-order valence-corrected chi connectivity index (χ2v) is 4.04. The third-order valence-corrected chi connectivity index (χ3v) is 2.40. The van der Waals surface area contributed by atoms with Crippen molar-refractivity contribution in [3.63, 3.8) is 0 Å². The third-order valence-electron chi connectivity index (χ3n) is 2.40. The summed E-state index contributed by atoms with van der Waals surface area (Å²) in [5.74, 6) is 0.654. The summed E-state index contributed by atoms with van der Waals surface area (Å²) < 4.78 is 0. The number of nitrogens with zero attached hydrogens (tertiary/aromatic N) is 1. The van der Waals surface area contributed by atoms with Crippen molar-refractivity contribution in [3.8, 4) is 0 Å². The number of hydrogen-bond donors (Lipinski definition) is 1. The maximum Gasteiger partial charge on any atom is 0.0670 e. The minimum absolute atomic E-state index is 0.0962. The monoisotopic (exact) mass is 157 g/mol. The zero-order chi connectivity index (χ0) is 8.43. The van der Waals surface area contributed by atoms with Crippen LogP contribution in [0.3, 0.4) is 0 Å². The smallest absolute Gasteiger partial charge is 0.0670 e. The Labute approximate surface area is 69.2 Å². The van der Waals surface area contributed by atoms with Crippen LogP contribution in [0.4, 0.5) is 0 Å². The van der Waals surface area contributed by atoms with Crippen LogP contribution in [0.2, 0.25) is 0 Å². The summed E-state index contributed by atoms with van der Waals surface area (Å²) in [5, 5.41) is 9.46. The fraction of sp³-hybridized carbons (Fsp3) is 1.00. The number of β-amino-alcohol motifs (C(OH)–C–C–N with tert-alkyl or cyclic N) is 1. The quantitative estimate of drug-likeness (QED) is 0.616. The SMILES string of the molecule is CC(C)N1C[C@@H](C)C[C@@H](O)C1. The van der Waals surface area contributed by atoms with E-state index in [-0.39, 0.29) is 6.10 Å². The lowest BCUT2D eigenvalue weighted by Crippen LogP contribution is -2.45. The lowest BCUT2D eigenvalue weighted by atomic mass is 9.97. The van der Waals surface area contributed by atoms with Crippen molar-refractivity contribution >= 4 is 0 Å². The van der Waals surface area contributed by atoms with Gasteiger partial charge in [-0.2, -0.15) is 0 Å². The summed E-state index contributed by atoms with van der Waals surface area (Å²) in [6, 6.07) is 0.576. The van der Waals surface area contributed by atoms with Crippen LogP contribution in [0.15, 0.2) is 0 Å². The van der Waals surface area contributed by atoms with Crippen LogP contribution in [-0.2, 0) is 0 Å². The van der Waals surface area contributed by atoms with E-state index in [0.29, 0.717) is 12.0 Å². The van der Waals surface area contributed by atoms with Gasteiger partial charge in [-0.05, 0) is 26.2 Å². The van der Waals surface area contributed by atoms with Gasteiger partial charge in [0.25, 0.3) is 0 Å². The molecule has 0 aromatic rings. The van der Waals surface area contributed by atoms with Gasteiger partial charge in [-0.15, -0.1) is 0 Å². The van der Waals surface area contributed by atoms with Crippen molar-refractivity contribution in [1.82, 2.24) is 4.90 Å². The third kappa shape index (κ3) is 2.46. The van der Waals surface area contributed by atoms with Gasteiger partial charge in [0.15, 0.2) is 0 Å². The van der Waals surface area contributed by atoms with Crippen molar-refractivity contribution in [2.24, 2.45) is 5.92 Å². The molecule has 1 heterocycles. The van der Waals surface area contributed by atoms with Crippen LogP contribution in [0.5, 0.6) is 0 Å². The molecule has 1 fully saturated rings. The highest BCUT2D eigenvalue weighted by atomic mass is 16.3. The fourth-order valence-electron chi connectivity index (χ4n) is 1.78. The highest BCUT2D eigenvalue weighted by Crippen LogP contribution is 2.17. The molecule has 0 spiro atoms. The average molecular weight is 157 g/mol. The molecule has 0 saturated carbocycles. The summed E-state index contributed by atoms with van der Waals surface area (Å²) in [4.78, 5) is 2.35. The van der Waals surface area contributed by atoms with E-state index in [1.807, 2.05) is 0 Å². The Hall–Kier alpha value is -0.0800. The Morgan fingerprint density at radius 3 is 2.45 bits per heavy atom. The highest BCUT2D eigenvalue weighted by molar-refractivity contribution is 4.78. The Kier molecular flexibility index (Phi) is 2.90. The van der Waals surface area contributed by atoms with E-state index >= 15 is 0 Å². The Bertz CT molecular complexity index is 115. The second-order valence-electron chi connectivity index (χ2n) is 4.04. The molecule has 0 aromatic carbocycles. The van der Waals surface area contributed by atoms with Crippen molar-refractivity contribution in [2.75, 3.05) is 13.1 Å². The molecule has 0 aliphatic carbocycles. The molecular formula is C9H19NO. The van der Waals surface area contributed by atoms with Gasteiger partial charge in [-0.25, -0.2) is 0 Å². The molecular weight excluding hydrogens is 138 g/mol. The molecule has 66 valence electrons. The average Bonchev–Trinajstić information content (AvgIpc) is 1.85. The highest BCUT2D eigenvalue weighted by Gasteiger charge is 2.24. The van der Waals surface area contributed by atoms with Crippen LogP contribution < -0.4 is 0 Å².